The van der Waals surface area contributed by atoms with Gasteiger partial charge in [-0.15, -0.1) is 12.4 Å². The minimum Gasteiger partial charge on any atom is -0.355 e. The van der Waals surface area contributed by atoms with Gasteiger partial charge >= 0.3 is 0 Å². The largest absolute Gasteiger partial charge is 0.355 e. The molecule has 3 nitrogen and oxygen atoms in total. The molecule has 1 rings (SSSR count). The van der Waals surface area contributed by atoms with Crippen LogP contribution in [0.15, 0.2) is 18.2 Å². The third-order valence-corrected chi connectivity index (χ3v) is 2.42. The van der Waals surface area contributed by atoms with Crippen LogP contribution < -0.4 is 11.1 Å². The van der Waals surface area contributed by atoms with E-state index in [4.69, 9.17) is 28.9 Å². The van der Waals surface area contributed by atoms with Gasteiger partial charge in [0.15, 0.2) is 0 Å². The number of halogens is 3. The number of hydrogen-bond donors (Lipinski definition) is 2. The molecule has 0 aromatic heterocycles. The smallest absolute Gasteiger partial charge is 0.224 e. The van der Waals surface area contributed by atoms with E-state index < -0.39 is 0 Å². The average molecular weight is 284 g/mol. The van der Waals surface area contributed by atoms with E-state index in [1.165, 1.54) is 0 Å². The third-order valence-electron chi connectivity index (χ3n) is 1.83. The first kappa shape index (κ1) is 15.5. The maximum Gasteiger partial charge on any atom is 0.224 e. The minimum absolute atomic E-state index is 0. The highest BCUT2D eigenvalue weighted by atomic mass is 35.5. The van der Waals surface area contributed by atoms with E-state index >= 15 is 0 Å². The van der Waals surface area contributed by atoms with Crippen molar-refractivity contribution in [2.45, 2.75) is 6.42 Å². The standard InChI is InChI=1S/C10H12Cl2N2O.ClH/c11-8-2-1-7(9(12)6-8)5-10(15)14-4-3-13;/h1-2,6H,3-5,13H2,(H,14,15);1H. The maximum absolute atomic E-state index is 11.4. The summed E-state index contributed by atoms with van der Waals surface area (Å²) in [6.07, 6.45) is 0.246. The number of hydrogen-bond acceptors (Lipinski definition) is 2. The van der Waals surface area contributed by atoms with Crippen molar-refractivity contribution in [3.63, 3.8) is 0 Å². The normalized spacial score (nSPS) is 9.44. The van der Waals surface area contributed by atoms with Crippen molar-refractivity contribution in [2.24, 2.45) is 5.73 Å². The SMILES string of the molecule is Cl.NCCNC(=O)Cc1ccc(Cl)cc1Cl. The second-order valence-corrected chi connectivity index (χ2v) is 3.89. The quantitative estimate of drug-likeness (QED) is 0.888. The summed E-state index contributed by atoms with van der Waals surface area (Å²) < 4.78 is 0. The summed E-state index contributed by atoms with van der Waals surface area (Å²) >= 11 is 11.7. The van der Waals surface area contributed by atoms with Crippen molar-refractivity contribution in [1.29, 1.82) is 0 Å². The number of amides is 1. The molecule has 0 aliphatic heterocycles. The fourth-order valence-electron chi connectivity index (χ4n) is 1.11. The first-order valence-corrected chi connectivity index (χ1v) is 5.29. The Morgan fingerprint density at radius 3 is 2.62 bits per heavy atom. The third kappa shape index (κ3) is 5.03. The van der Waals surface area contributed by atoms with E-state index in [1.54, 1.807) is 18.2 Å². The van der Waals surface area contributed by atoms with Crippen molar-refractivity contribution in [3.8, 4) is 0 Å². The summed E-state index contributed by atoms with van der Waals surface area (Å²) in [5, 5.41) is 3.73. The molecule has 0 fully saturated rings. The summed E-state index contributed by atoms with van der Waals surface area (Å²) in [6, 6.07) is 5.07. The van der Waals surface area contributed by atoms with Crippen molar-refractivity contribution in [3.05, 3.63) is 33.8 Å². The van der Waals surface area contributed by atoms with E-state index in [9.17, 15) is 4.79 Å². The van der Waals surface area contributed by atoms with Crippen LogP contribution in [-0.2, 0) is 11.2 Å². The average Bonchev–Trinajstić information content (AvgIpc) is 2.19. The molecule has 0 radical (unpaired) electrons. The van der Waals surface area contributed by atoms with E-state index in [0.29, 0.717) is 23.1 Å². The Morgan fingerprint density at radius 2 is 2.06 bits per heavy atom. The zero-order valence-corrected chi connectivity index (χ0v) is 10.8. The van der Waals surface area contributed by atoms with Crippen LogP contribution in [0.4, 0.5) is 0 Å². The van der Waals surface area contributed by atoms with Crippen LogP contribution in [0.1, 0.15) is 5.56 Å². The van der Waals surface area contributed by atoms with Gasteiger partial charge in [0, 0.05) is 23.1 Å². The van der Waals surface area contributed by atoms with Crippen LogP contribution in [0, 0.1) is 0 Å². The molecule has 0 spiro atoms. The number of carbonyl (C=O) groups excluding carboxylic acids is 1. The molecule has 0 bridgehead atoms. The Hall–Kier alpha value is -0.480. The number of carbonyl (C=O) groups is 1. The fourth-order valence-corrected chi connectivity index (χ4v) is 1.59. The zero-order valence-electron chi connectivity index (χ0n) is 8.50. The summed E-state index contributed by atoms with van der Waals surface area (Å²) in [6.45, 7) is 0.907. The molecule has 0 heterocycles. The molecule has 0 atom stereocenters. The van der Waals surface area contributed by atoms with Crippen LogP contribution in [0.3, 0.4) is 0 Å². The van der Waals surface area contributed by atoms with Crippen LogP contribution in [-0.4, -0.2) is 19.0 Å². The van der Waals surface area contributed by atoms with Crippen LogP contribution in [0.2, 0.25) is 10.0 Å². The highest BCUT2D eigenvalue weighted by Crippen LogP contribution is 2.21. The molecule has 0 aliphatic carbocycles. The number of nitrogens with one attached hydrogen (secondary N) is 1. The van der Waals surface area contributed by atoms with Crippen LogP contribution in [0.5, 0.6) is 0 Å². The molecular formula is C10H13Cl3N2O. The van der Waals surface area contributed by atoms with Gasteiger partial charge in [0.25, 0.3) is 0 Å². The van der Waals surface area contributed by atoms with Gasteiger partial charge in [0.1, 0.15) is 0 Å². The Kier molecular flexibility index (Phi) is 7.51. The lowest BCUT2D eigenvalue weighted by Gasteiger charge is -2.05. The molecule has 1 aromatic carbocycles. The zero-order chi connectivity index (χ0) is 11.3. The van der Waals surface area contributed by atoms with Gasteiger partial charge in [0.05, 0.1) is 6.42 Å². The van der Waals surface area contributed by atoms with Crippen molar-refractivity contribution < 1.29 is 4.79 Å². The molecule has 16 heavy (non-hydrogen) atoms. The summed E-state index contributed by atoms with van der Waals surface area (Å²) in [4.78, 5) is 11.4. The van der Waals surface area contributed by atoms with Crippen molar-refractivity contribution in [2.75, 3.05) is 13.1 Å². The first-order chi connectivity index (χ1) is 7.13. The van der Waals surface area contributed by atoms with E-state index in [1.807, 2.05) is 0 Å². The van der Waals surface area contributed by atoms with Gasteiger partial charge in [-0.05, 0) is 17.7 Å². The molecule has 90 valence electrons. The highest BCUT2D eigenvalue weighted by molar-refractivity contribution is 6.35. The van der Waals surface area contributed by atoms with Crippen LogP contribution in [0.25, 0.3) is 0 Å². The Balaban J connectivity index is 0.00000225. The topological polar surface area (TPSA) is 55.1 Å². The van der Waals surface area contributed by atoms with Crippen LogP contribution >= 0.6 is 35.6 Å². The highest BCUT2D eigenvalue weighted by Gasteiger charge is 2.06. The summed E-state index contributed by atoms with van der Waals surface area (Å²) in [5.74, 6) is -0.0929. The molecule has 3 N–H and O–H groups in total. The molecule has 0 saturated heterocycles. The number of nitrogens with two attached hydrogens (primary N) is 1. The fraction of sp³-hybridized carbons (Fsp3) is 0.300. The lowest BCUT2D eigenvalue weighted by atomic mass is 10.1. The van der Waals surface area contributed by atoms with E-state index in [-0.39, 0.29) is 24.7 Å². The minimum atomic E-state index is -0.0929. The lowest BCUT2D eigenvalue weighted by Crippen LogP contribution is -2.30. The van der Waals surface area contributed by atoms with E-state index in [0.717, 1.165) is 5.56 Å². The van der Waals surface area contributed by atoms with Crippen molar-refractivity contribution >= 4 is 41.5 Å². The first-order valence-electron chi connectivity index (χ1n) is 4.54. The van der Waals surface area contributed by atoms with Gasteiger partial charge < -0.3 is 11.1 Å². The van der Waals surface area contributed by atoms with Gasteiger partial charge in [-0.1, -0.05) is 29.3 Å². The second-order valence-electron chi connectivity index (χ2n) is 3.05. The monoisotopic (exact) mass is 282 g/mol. The molecule has 6 heteroatoms. The van der Waals surface area contributed by atoms with Gasteiger partial charge in [-0.25, -0.2) is 0 Å². The molecule has 0 unspecified atom stereocenters. The summed E-state index contributed by atoms with van der Waals surface area (Å²) in [7, 11) is 0. The number of rotatable bonds is 4. The maximum atomic E-state index is 11.4. The van der Waals surface area contributed by atoms with Crippen molar-refractivity contribution in [1.82, 2.24) is 5.32 Å². The molecule has 0 aliphatic rings. The molecular weight excluding hydrogens is 270 g/mol. The predicted molar refractivity (Wildman–Crippen MR) is 69.5 cm³/mol. The lowest BCUT2D eigenvalue weighted by molar-refractivity contribution is -0.120. The predicted octanol–water partition coefficient (Wildman–Crippen LogP) is 2.03. The van der Waals surface area contributed by atoms with E-state index in [2.05, 4.69) is 5.32 Å². The summed E-state index contributed by atoms with van der Waals surface area (Å²) in [5.41, 5.74) is 6.02. The van der Waals surface area contributed by atoms with Gasteiger partial charge in [-0.2, -0.15) is 0 Å². The molecule has 1 amide bonds. The second kappa shape index (κ2) is 7.74. The Labute approximate surface area is 111 Å². The molecule has 1 aromatic rings. The van der Waals surface area contributed by atoms with Gasteiger partial charge in [-0.3, -0.25) is 4.79 Å². The Bertz CT molecular complexity index is 358. The number of benzene rings is 1. The molecule has 0 saturated carbocycles. The van der Waals surface area contributed by atoms with Gasteiger partial charge in [0.2, 0.25) is 5.91 Å². The Morgan fingerprint density at radius 1 is 1.38 bits per heavy atom.